The Morgan fingerprint density at radius 3 is 2.72 bits per heavy atom. The number of hydrogen-bond donors (Lipinski definition) is 1. The van der Waals surface area contributed by atoms with Crippen molar-refractivity contribution in [2.75, 3.05) is 18.2 Å². The van der Waals surface area contributed by atoms with Gasteiger partial charge in [0.25, 0.3) is 5.91 Å². The van der Waals surface area contributed by atoms with Gasteiger partial charge in [0.1, 0.15) is 0 Å². The summed E-state index contributed by atoms with van der Waals surface area (Å²) in [4.78, 5) is 16.5. The van der Waals surface area contributed by atoms with Crippen LogP contribution in [0.3, 0.4) is 0 Å². The van der Waals surface area contributed by atoms with Crippen molar-refractivity contribution in [1.29, 1.82) is 0 Å². The minimum Gasteiger partial charge on any atom is -0.274 e. The van der Waals surface area contributed by atoms with Gasteiger partial charge in [0, 0.05) is 24.2 Å². The molecule has 18 heavy (non-hydrogen) atoms. The van der Waals surface area contributed by atoms with Gasteiger partial charge in [0.2, 0.25) is 0 Å². The van der Waals surface area contributed by atoms with Crippen LogP contribution in [0, 0.1) is 0 Å². The van der Waals surface area contributed by atoms with E-state index in [9.17, 15) is 4.79 Å². The summed E-state index contributed by atoms with van der Waals surface area (Å²) in [5.74, 6) is -0.232. The average molecular weight is 247 g/mol. The molecule has 0 spiro atoms. The summed E-state index contributed by atoms with van der Waals surface area (Å²) in [6.45, 7) is 5.18. The lowest BCUT2D eigenvalue weighted by molar-refractivity contribution is 0.0364. The molecule has 0 unspecified atom stereocenters. The molecule has 1 aliphatic heterocycles. The highest BCUT2D eigenvalue weighted by Crippen LogP contribution is 2.19. The Morgan fingerprint density at radius 2 is 2.17 bits per heavy atom. The second-order valence-electron chi connectivity index (χ2n) is 4.12. The van der Waals surface area contributed by atoms with E-state index >= 15 is 0 Å². The van der Waals surface area contributed by atoms with Crippen LogP contribution in [0.5, 0.6) is 0 Å². The molecule has 1 amide bonds. The van der Waals surface area contributed by atoms with E-state index in [0.717, 1.165) is 24.4 Å². The van der Waals surface area contributed by atoms with E-state index in [2.05, 4.69) is 10.6 Å². The molecule has 0 aromatic heterocycles. The van der Waals surface area contributed by atoms with E-state index in [1.165, 1.54) is 0 Å². The molecule has 1 aliphatic rings. The van der Waals surface area contributed by atoms with E-state index in [-0.39, 0.29) is 5.91 Å². The SMILES string of the molecule is CCONC(=O)c1ccc(N2CCC(C)=N2)cc1. The van der Waals surface area contributed by atoms with Gasteiger partial charge in [-0.15, -0.1) is 0 Å². The molecule has 0 radical (unpaired) electrons. The minimum atomic E-state index is -0.232. The normalized spacial score (nSPS) is 14.6. The Morgan fingerprint density at radius 1 is 1.44 bits per heavy atom. The fourth-order valence-electron chi connectivity index (χ4n) is 1.74. The molecule has 1 heterocycles. The standard InChI is InChI=1S/C13H17N3O2/c1-3-18-15-13(17)11-4-6-12(7-5-11)16-9-8-10(2)14-16/h4-7H,3,8-9H2,1-2H3,(H,15,17). The molecule has 0 saturated heterocycles. The summed E-state index contributed by atoms with van der Waals surface area (Å²) in [6.07, 6.45) is 0.993. The number of hydrogen-bond acceptors (Lipinski definition) is 4. The van der Waals surface area contributed by atoms with Crippen LogP contribution < -0.4 is 10.5 Å². The first-order valence-corrected chi connectivity index (χ1v) is 6.04. The molecule has 0 fully saturated rings. The smallest absolute Gasteiger partial charge is 0.274 e. The highest BCUT2D eigenvalue weighted by Gasteiger charge is 2.13. The number of nitrogens with zero attached hydrogens (tertiary/aromatic N) is 2. The predicted octanol–water partition coefficient (Wildman–Crippen LogP) is 1.95. The zero-order chi connectivity index (χ0) is 13.0. The molecule has 1 N–H and O–H groups in total. The fraction of sp³-hybridized carbons (Fsp3) is 0.385. The first-order chi connectivity index (χ1) is 8.70. The van der Waals surface area contributed by atoms with Gasteiger partial charge in [0.05, 0.1) is 12.3 Å². The number of carbonyl (C=O) groups is 1. The number of hydrazone groups is 1. The predicted molar refractivity (Wildman–Crippen MR) is 70.6 cm³/mol. The van der Waals surface area contributed by atoms with Crippen molar-refractivity contribution in [3.05, 3.63) is 29.8 Å². The third-order valence-corrected chi connectivity index (χ3v) is 2.71. The van der Waals surface area contributed by atoms with Crippen LogP contribution in [-0.2, 0) is 4.84 Å². The van der Waals surface area contributed by atoms with Crippen molar-refractivity contribution in [3.8, 4) is 0 Å². The van der Waals surface area contributed by atoms with Crippen molar-refractivity contribution in [3.63, 3.8) is 0 Å². The van der Waals surface area contributed by atoms with E-state index in [1.54, 1.807) is 12.1 Å². The van der Waals surface area contributed by atoms with Crippen LogP contribution in [0.15, 0.2) is 29.4 Å². The van der Waals surface area contributed by atoms with Gasteiger partial charge in [-0.1, -0.05) is 0 Å². The maximum absolute atomic E-state index is 11.6. The number of amides is 1. The molecule has 1 aromatic rings. The monoisotopic (exact) mass is 247 g/mol. The molecule has 5 heteroatoms. The Bertz CT molecular complexity index is 454. The Balaban J connectivity index is 2.03. The number of anilines is 1. The molecular weight excluding hydrogens is 230 g/mol. The maximum Gasteiger partial charge on any atom is 0.274 e. The Kier molecular flexibility index (Phi) is 3.94. The van der Waals surface area contributed by atoms with E-state index in [4.69, 9.17) is 4.84 Å². The van der Waals surface area contributed by atoms with Crippen LogP contribution in [0.4, 0.5) is 5.69 Å². The number of rotatable bonds is 4. The van der Waals surface area contributed by atoms with Crippen molar-refractivity contribution >= 4 is 17.3 Å². The second kappa shape index (κ2) is 5.64. The minimum absolute atomic E-state index is 0.232. The molecule has 0 bridgehead atoms. The third-order valence-electron chi connectivity index (χ3n) is 2.71. The average Bonchev–Trinajstić information content (AvgIpc) is 2.83. The lowest BCUT2D eigenvalue weighted by atomic mass is 10.2. The highest BCUT2D eigenvalue weighted by molar-refractivity contribution is 5.94. The van der Waals surface area contributed by atoms with Crippen molar-refractivity contribution in [2.24, 2.45) is 5.10 Å². The molecule has 0 atom stereocenters. The Hall–Kier alpha value is -1.88. The van der Waals surface area contributed by atoms with Crippen LogP contribution in [-0.4, -0.2) is 24.8 Å². The molecule has 2 rings (SSSR count). The number of carbonyl (C=O) groups excluding carboxylic acids is 1. The zero-order valence-corrected chi connectivity index (χ0v) is 10.6. The third kappa shape index (κ3) is 2.87. The molecule has 96 valence electrons. The van der Waals surface area contributed by atoms with Gasteiger partial charge in [-0.3, -0.25) is 14.6 Å². The lowest BCUT2D eigenvalue weighted by Gasteiger charge is -2.13. The maximum atomic E-state index is 11.6. The summed E-state index contributed by atoms with van der Waals surface area (Å²) in [6, 6.07) is 7.33. The van der Waals surface area contributed by atoms with Crippen molar-refractivity contribution in [2.45, 2.75) is 20.3 Å². The second-order valence-corrected chi connectivity index (χ2v) is 4.12. The van der Waals surface area contributed by atoms with Gasteiger partial charge >= 0.3 is 0 Å². The largest absolute Gasteiger partial charge is 0.274 e. The van der Waals surface area contributed by atoms with Crippen LogP contribution >= 0.6 is 0 Å². The zero-order valence-electron chi connectivity index (χ0n) is 10.6. The lowest BCUT2D eigenvalue weighted by Crippen LogP contribution is -2.23. The summed E-state index contributed by atoms with van der Waals surface area (Å²) in [5.41, 5.74) is 5.07. The topological polar surface area (TPSA) is 53.9 Å². The van der Waals surface area contributed by atoms with Crippen molar-refractivity contribution in [1.82, 2.24) is 5.48 Å². The summed E-state index contributed by atoms with van der Waals surface area (Å²) in [5, 5.41) is 6.35. The van der Waals surface area contributed by atoms with Gasteiger partial charge in [0.15, 0.2) is 0 Å². The number of nitrogens with one attached hydrogen (secondary N) is 1. The van der Waals surface area contributed by atoms with Gasteiger partial charge in [-0.2, -0.15) is 5.10 Å². The first-order valence-electron chi connectivity index (χ1n) is 6.04. The van der Waals surface area contributed by atoms with E-state index in [1.807, 2.05) is 31.0 Å². The van der Waals surface area contributed by atoms with E-state index in [0.29, 0.717) is 12.2 Å². The molecule has 0 aliphatic carbocycles. The summed E-state index contributed by atoms with van der Waals surface area (Å²) >= 11 is 0. The molecule has 1 aromatic carbocycles. The number of benzene rings is 1. The number of hydroxylamine groups is 1. The van der Waals surface area contributed by atoms with Crippen LogP contribution in [0.25, 0.3) is 0 Å². The molecule has 0 saturated carbocycles. The summed E-state index contributed by atoms with van der Waals surface area (Å²) < 4.78 is 0. The molecule has 5 nitrogen and oxygen atoms in total. The molecular formula is C13H17N3O2. The van der Waals surface area contributed by atoms with Crippen LogP contribution in [0.2, 0.25) is 0 Å². The van der Waals surface area contributed by atoms with Crippen molar-refractivity contribution < 1.29 is 9.63 Å². The van der Waals surface area contributed by atoms with Crippen LogP contribution in [0.1, 0.15) is 30.6 Å². The fourth-order valence-corrected chi connectivity index (χ4v) is 1.74. The van der Waals surface area contributed by atoms with E-state index < -0.39 is 0 Å². The van der Waals surface area contributed by atoms with Gasteiger partial charge in [-0.05, 0) is 38.1 Å². The quantitative estimate of drug-likeness (QED) is 0.827. The van der Waals surface area contributed by atoms with Gasteiger partial charge < -0.3 is 0 Å². The Labute approximate surface area is 106 Å². The summed E-state index contributed by atoms with van der Waals surface area (Å²) in [7, 11) is 0. The van der Waals surface area contributed by atoms with Gasteiger partial charge in [-0.25, -0.2) is 5.48 Å². The first kappa shape index (κ1) is 12.6. The highest BCUT2D eigenvalue weighted by atomic mass is 16.6.